The Labute approximate surface area is 143 Å². The zero-order valence-electron chi connectivity index (χ0n) is 12.8. The van der Waals surface area contributed by atoms with Crippen molar-refractivity contribution in [1.29, 1.82) is 0 Å². The number of hydrazone groups is 1. The minimum Gasteiger partial charge on any atom is -0.494 e. The van der Waals surface area contributed by atoms with Gasteiger partial charge in [-0.25, -0.2) is 5.43 Å². The number of carbonyl (C=O) groups excluding carboxylic acids is 1. The lowest BCUT2D eigenvalue weighted by atomic mass is 10.2. The Morgan fingerprint density at radius 1 is 1.17 bits per heavy atom. The minimum absolute atomic E-state index is 0.145. The van der Waals surface area contributed by atoms with Crippen molar-refractivity contribution < 1.29 is 9.53 Å². The highest BCUT2D eigenvalue weighted by Crippen LogP contribution is 2.15. The van der Waals surface area contributed by atoms with Gasteiger partial charge in [0.2, 0.25) is 0 Å². The number of halogens is 1. The summed E-state index contributed by atoms with van der Waals surface area (Å²) in [5.41, 5.74) is 4.24. The van der Waals surface area contributed by atoms with Crippen LogP contribution in [0.25, 0.3) is 0 Å². The van der Waals surface area contributed by atoms with E-state index in [9.17, 15) is 4.79 Å². The number of hydrogen-bond acceptors (Lipinski definition) is 4. The zero-order valence-corrected chi connectivity index (χ0v) is 14.3. The van der Waals surface area contributed by atoms with Crippen LogP contribution in [0.15, 0.2) is 58.1 Å². The molecule has 0 unspecified atom stereocenters. The van der Waals surface area contributed by atoms with Crippen molar-refractivity contribution in [3.63, 3.8) is 0 Å². The van der Waals surface area contributed by atoms with Crippen molar-refractivity contribution in [3.8, 4) is 5.75 Å². The number of carbonyl (C=O) groups is 1. The summed E-state index contributed by atoms with van der Waals surface area (Å²) in [6.07, 6.45) is 1.60. The molecule has 120 valence electrons. The average molecular weight is 376 g/mol. The van der Waals surface area contributed by atoms with E-state index < -0.39 is 0 Å². The van der Waals surface area contributed by atoms with Gasteiger partial charge in [-0.2, -0.15) is 5.10 Å². The van der Waals surface area contributed by atoms with Gasteiger partial charge in [0.1, 0.15) is 5.75 Å². The molecule has 0 bridgehead atoms. The summed E-state index contributed by atoms with van der Waals surface area (Å²) in [4.78, 5) is 11.7. The van der Waals surface area contributed by atoms with Crippen molar-refractivity contribution in [3.05, 3.63) is 58.6 Å². The van der Waals surface area contributed by atoms with Crippen molar-refractivity contribution in [2.24, 2.45) is 5.10 Å². The lowest BCUT2D eigenvalue weighted by Crippen LogP contribution is -2.25. The molecule has 2 aromatic rings. The molecule has 0 aromatic heterocycles. The van der Waals surface area contributed by atoms with E-state index in [0.717, 1.165) is 21.5 Å². The molecule has 0 spiro atoms. The monoisotopic (exact) mass is 375 g/mol. The van der Waals surface area contributed by atoms with E-state index in [-0.39, 0.29) is 12.5 Å². The SMILES string of the molecule is CCOc1ccc(NCC(=O)N/N=C/c2ccc(Br)cc2)cc1. The highest BCUT2D eigenvalue weighted by molar-refractivity contribution is 9.10. The van der Waals surface area contributed by atoms with Crippen LogP contribution in [-0.2, 0) is 4.79 Å². The van der Waals surface area contributed by atoms with Crippen LogP contribution in [0.3, 0.4) is 0 Å². The number of rotatable bonds is 7. The molecule has 0 heterocycles. The average Bonchev–Trinajstić information content (AvgIpc) is 2.56. The lowest BCUT2D eigenvalue weighted by Gasteiger charge is -2.07. The third-order valence-corrected chi connectivity index (χ3v) is 3.42. The second-order valence-electron chi connectivity index (χ2n) is 4.66. The van der Waals surface area contributed by atoms with Gasteiger partial charge in [-0.15, -0.1) is 0 Å². The Hall–Kier alpha value is -2.34. The van der Waals surface area contributed by atoms with Crippen molar-refractivity contribution in [2.75, 3.05) is 18.5 Å². The van der Waals surface area contributed by atoms with Crippen LogP contribution in [-0.4, -0.2) is 25.3 Å². The maximum absolute atomic E-state index is 11.7. The number of amides is 1. The third-order valence-electron chi connectivity index (χ3n) is 2.89. The summed E-state index contributed by atoms with van der Waals surface area (Å²) < 4.78 is 6.36. The van der Waals surface area contributed by atoms with Crippen LogP contribution in [0.5, 0.6) is 5.75 Å². The normalized spacial score (nSPS) is 10.5. The van der Waals surface area contributed by atoms with E-state index >= 15 is 0 Å². The smallest absolute Gasteiger partial charge is 0.259 e. The molecule has 1 amide bonds. The fourth-order valence-electron chi connectivity index (χ4n) is 1.79. The number of ether oxygens (including phenoxy) is 1. The summed E-state index contributed by atoms with van der Waals surface area (Å²) in [6.45, 7) is 2.71. The standard InChI is InChI=1S/C17H18BrN3O2/c1-2-23-16-9-7-15(8-10-16)19-12-17(22)21-20-11-13-3-5-14(18)6-4-13/h3-11,19H,2,12H2,1H3,(H,21,22)/b20-11+. The quantitative estimate of drug-likeness (QED) is 0.575. The van der Waals surface area contributed by atoms with E-state index in [0.29, 0.717) is 6.61 Å². The first-order valence-electron chi connectivity index (χ1n) is 7.21. The van der Waals surface area contributed by atoms with Gasteiger partial charge in [0.05, 0.1) is 19.4 Å². The molecule has 2 rings (SSSR count). The van der Waals surface area contributed by atoms with Crippen LogP contribution >= 0.6 is 15.9 Å². The minimum atomic E-state index is -0.216. The van der Waals surface area contributed by atoms with Crippen LogP contribution in [0.4, 0.5) is 5.69 Å². The van der Waals surface area contributed by atoms with E-state index in [4.69, 9.17) is 4.74 Å². The largest absolute Gasteiger partial charge is 0.494 e. The van der Waals surface area contributed by atoms with E-state index in [1.807, 2.05) is 55.5 Å². The van der Waals surface area contributed by atoms with Crippen molar-refractivity contribution >= 4 is 33.7 Å². The molecule has 5 nitrogen and oxygen atoms in total. The number of nitrogens with zero attached hydrogens (tertiary/aromatic N) is 1. The molecule has 0 aliphatic heterocycles. The topological polar surface area (TPSA) is 62.7 Å². The molecule has 0 radical (unpaired) electrons. The maximum Gasteiger partial charge on any atom is 0.259 e. The van der Waals surface area contributed by atoms with Gasteiger partial charge in [0.15, 0.2) is 0 Å². The molecular formula is C17H18BrN3O2. The fraction of sp³-hybridized carbons (Fsp3) is 0.176. The molecule has 0 aliphatic carbocycles. The zero-order chi connectivity index (χ0) is 16.5. The summed E-state index contributed by atoms with van der Waals surface area (Å²) in [5, 5.41) is 6.94. The van der Waals surface area contributed by atoms with Crippen LogP contribution in [0, 0.1) is 0 Å². The summed E-state index contributed by atoms with van der Waals surface area (Å²) in [5.74, 6) is 0.592. The second-order valence-corrected chi connectivity index (χ2v) is 5.57. The van der Waals surface area contributed by atoms with E-state index in [2.05, 4.69) is 31.8 Å². The summed E-state index contributed by atoms with van der Waals surface area (Å²) in [6, 6.07) is 15.1. The van der Waals surface area contributed by atoms with Gasteiger partial charge in [0.25, 0.3) is 5.91 Å². The predicted molar refractivity (Wildman–Crippen MR) is 96.0 cm³/mol. The van der Waals surface area contributed by atoms with Crippen molar-refractivity contribution in [2.45, 2.75) is 6.92 Å². The summed E-state index contributed by atoms with van der Waals surface area (Å²) in [7, 11) is 0. The van der Waals surface area contributed by atoms with Crippen molar-refractivity contribution in [1.82, 2.24) is 5.43 Å². The molecule has 0 aliphatic rings. The molecule has 0 fully saturated rings. The predicted octanol–water partition coefficient (Wildman–Crippen LogP) is 3.41. The first-order valence-corrected chi connectivity index (χ1v) is 8.01. The molecule has 0 saturated heterocycles. The molecule has 23 heavy (non-hydrogen) atoms. The van der Waals surface area contributed by atoms with Crippen LogP contribution < -0.4 is 15.5 Å². The number of nitrogens with one attached hydrogen (secondary N) is 2. The van der Waals surface area contributed by atoms with Crippen LogP contribution in [0.2, 0.25) is 0 Å². The molecule has 2 aromatic carbocycles. The molecule has 6 heteroatoms. The lowest BCUT2D eigenvalue weighted by molar-refractivity contribution is -0.119. The number of anilines is 1. The maximum atomic E-state index is 11.7. The Balaban J connectivity index is 1.75. The first-order chi connectivity index (χ1) is 11.2. The van der Waals surface area contributed by atoms with E-state index in [1.54, 1.807) is 6.21 Å². The second kappa shape index (κ2) is 8.95. The fourth-order valence-corrected chi connectivity index (χ4v) is 2.05. The number of benzene rings is 2. The Morgan fingerprint density at radius 3 is 2.52 bits per heavy atom. The van der Waals surface area contributed by atoms with Gasteiger partial charge in [-0.1, -0.05) is 28.1 Å². The molecule has 0 saturated carbocycles. The van der Waals surface area contributed by atoms with Gasteiger partial charge in [-0.3, -0.25) is 4.79 Å². The van der Waals surface area contributed by atoms with Crippen LogP contribution in [0.1, 0.15) is 12.5 Å². The van der Waals surface area contributed by atoms with Gasteiger partial charge in [0, 0.05) is 10.2 Å². The van der Waals surface area contributed by atoms with Gasteiger partial charge >= 0.3 is 0 Å². The Morgan fingerprint density at radius 2 is 1.87 bits per heavy atom. The first kappa shape index (κ1) is 17.0. The highest BCUT2D eigenvalue weighted by atomic mass is 79.9. The van der Waals surface area contributed by atoms with Gasteiger partial charge in [-0.05, 0) is 48.9 Å². The third kappa shape index (κ3) is 6.12. The molecule has 0 atom stereocenters. The van der Waals surface area contributed by atoms with Gasteiger partial charge < -0.3 is 10.1 Å². The summed E-state index contributed by atoms with van der Waals surface area (Å²) >= 11 is 3.36. The van der Waals surface area contributed by atoms with E-state index in [1.165, 1.54) is 0 Å². The Bertz CT molecular complexity index is 655. The Kier molecular flexibility index (Phi) is 6.62. The highest BCUT2D eigenvalue weighted by Gasteiger charge is 2.00. The molecule has 2 N–H and O–H groups in total. The number of hydrogen-bond donors (Lipinski definition) is 2. The molecular weight excluding hydrogens is 358 g/mol.